The van der Waals surface area contributed by atoms with E-state index in [4.69, 9.17) is 0 Å². The van der Waals surface area contributed by atoms with Crippen molar-refractivity contribution < 1.29 is 8.98 Å². The summed E-state index contributed by atoms with van der Waals surface area (Å²) in [6.45, 7) is 1.39. The van der Waals surface area contributed by atoms with Crippen molar-refractivity contribution in [3.05, 3.63) is 17.5 Å². The van der Waals surface area contributed by atoms with Gasteiger partial charge in [-0.1, -0.05) is 6.07 Å². The summed E-state index contributed by atoms with van der Waals surface area (Å²) < 4.78 is 5.67. The van der Waals surface area contributed by atoms with Gasteiger partial charge in [0.25, 0.3) is 0 Å². The number of hydrogen-bond acceptors (Lipinski definition) is 4. The Morgan fingerprint density at radius 3 is 2.91 bits per heavy atom. The molecule has 0 N–H and O–H groups in total. The Kier molecular flexibility index (Phi) is 6.37. The fraction of sp³-hybridized carbons (Fsp3) is 0.167. The van der Waals surface area contributed by atoms with E-state index in [2.05, 4.69) is 4.18 Å². The van der Waals surface area contributed by atoms with Crippen LogP contribution < -0.4 is 0 Å². The third kappa shape index (κ3) is 4.87. The second-order valence-corrected chi connectivity index (χ2v) is 3.57. The van der Waals surface area contributed by atoms with Gasteiger partial charge in [-0.05, 0) is 11.4 Å². The van der Waals surface area contributed by atoms with Crippen LogP contribution in [0.1, 0.15) is 6.92 Å². The molecule has 0 saturated carbocycles. The van der Waals surface area contributed by atoms with Crippen molar-refractivity contribution >= 4 is 58.9 Å². The second-order valence-electron chi connectivity index (χ2n) is 1.59. The molecule has 0 radical (unpaired) electrons. The van der Waals surface area contributed by atoms with Gasteiger partial charge in [-0.25, -0.2) is 0 Å². The molecule has 11 heavy (non-hydrogen) atoms. The summed E-state index contributed by atoms with van der Waals surface area (Å²) in [7, 11) is 0. The van der Waals surface area contributed by atoms with E-state index in [1.165, 1.54) is 6.92 Å². The van der Waals surface area contributed by atoms with E-state index in [0.29, 0.717) is 0 Å². The molecule has 0 unspecified atom stereocenters. The van der Waals surface area contributed by atoms with Crippen LogP contribution in [0.3, 0.4) is 0 Å². The van der Waals surface area contributed by atoms with Crippen LogP contribution in [0.15, 0.2) is 21.7 Å². The van der Waals surface area contributed by atoms with Gasteiger partial charge in [0.2, 0.25) is 0 Å². The van der Waals surface area contributed by atoms with E-state index in [9.17, 15) is 4.79 Å². The molecule has 0 aliphatic carbocycles. The van der Waals surface area contributed by atoms with Crippen molar-refractivity contribution in [3.8, 4) is 0 Å². The Hall–Kier alpha value is 0.520. The van der Waals surface area contributed by atoms with Gasteiger partial charge in [-0.2, -0.15) is 0 Å². The van der Waals surface area contributed by atoms with E-state index in [1.54, 1.807) is 11.3 Å². The maximum absolute atomic E-state index is 10.3. The first-order chi connectivity index (χ1) is 4.79. The standard InChI is InChI=1S/C6H6O2S2.Na.H/c1-5(7)8-10-6-3-2-4-9-6;;/h2-4H,1H3;;. The number of carbonyl (C=O) groups excluding carboxylic acids is 1. The fourth-order valence-corrected chi connectivity index (χ4v) is 1.62. The molecule has 5 heteroatoms. The van der Waals surface area contributed by atoms with Crippen molar-refractivity contribution in [2.75, 3.05) is 0 Å². The van der Waals surface area contributed by atoms with Gasteiger partial charge in [-0.3, -0.25) is 4.79 Å². The van der Waals surface area contributed by atoms with Crippen LogP contribution in [-0.4, -0.2) is 35.5 Å². The normalized spacial score (nSPS) is 8.45. The first-order valence-corrected chi connectivity index (χ1v) is 4.30. The van der Waals surface area contributed by atoms with Crippen molar-refractivity contribution in [2.24, 2.45) is 0 Å². The molecule has 56 valence electrons. The van der Waals surface area contributed by atoms with Crippen molar-refractivity contribution in [1.82, 2.24) is 0 Å². The zero-order valence-electron chi connectivity index (χ0n) is 5.37. The van der Waals surface area contributed by atoms with E-state index in [-0.39, 0.29) is 35.5 Å². The maximum atomic E-state index is 10.3. The Morgan fingerprint density at radius 1 is 1.73 bits per heavy atom. The van der Waals surface area contributed by atoms with Gasteiger partial charge >= 0.3 is 35.5 Å². The predicted octanol–water partition coefficient (Wildman–Crippen LogP) is 1.67. The molecule has 0 atom stereocenters. The molecule has 1 aromatic heterocycles. The number of carbonyl (C=O) groups is 1. The van der Waals surface area contributed by atoms with Gasteiger partial charge < -0.3 is 4.18 Å². The van der Waals surface area contributed by atoms with Gasteiger partial charge in [0.1, 0.15) is 16.3 Å². The molecule has 1 heterocycles. The van der Waals surface area contributed by atoms with Gasteiger partial charge in [0, 0.05) is 6.92 Å². The van der Waals surface area contributed by atoms with Gasteiger partial charge in [0.05, 0.1) is 0 Å². The van der Waals surface area contributed by atoms with E-state index in [1.807, 2.05) is 17.5 Å². The van der Waals surface area contributed by atoms with E-state index >= 15 is 0 Å². The molecule has 2 nitrogen and oxygen atoms in total. The van der Waals surface area contributed by atoms with Crippen molar-refractivity contribution in [1.29, 1.82) is 0 Å². The minimum atomic E-state index is -0.265. The Balaban J connectivity index is 0.000001000. The summed E-state index contributed by atoms with van der Waals surface area (Å²) in [6, 6.07) is 3.81. The number of thiophene rings is 1. The van der Waals surface area contributed by atoms with Gasteiger partial charge in [-0.15, -0.1) is 11.3 Å². The molecule has 0 amide bonds. The average Bonchev–Trinajstić information content (AvgIpc) is 2.34. The third-order valence-electron chi connectivity index (χ3n) is 0.736. The molecule has 0 aliphatic heterocycles. The summed E-state index contributed by atoms with van der Waals surface area (Å²) in [5, 5.41) is 1.94. The van der Waals surface area contributed by atoms with Crippen LogP contribution in [0.25, 0.3) is 0 Å². The zero-order valence-corrected chi connectivity index (χ0v) is 7.00. The average molecular weight is 198 g/mol. The van der Waals surface area contributed by atoms with E-state index < -0.39 is 0 Å². The Labute approximate surface area is 95.8 Å². The SMILES string of the molecule is CC(=O)OSc1cccs1.[NaH]. The van der Waals surface area contributed by atoms with Crippen LogP contribution in [0.4, 0.5) is 0 Å². The van der Waals surface area contributed by atoms with Crippen LogP contribution in [0.2, 0.25) is 0 Å². The monoisotopic (exact) mass is 198 g/mol. The number of rotatable bonds is 2. The second kappa shape index (κ2) is 6.08. The molecule has 0 aromatic carbocycles. The van der Waals surface area contributed by atoms with Crippen molar-refractivity contribution in [3.63, 3.8) is 0 Å². The van der Waals surface area contributed by atoms with Crippen molar-refractivity contribution in [2.45, 2.75) is 11.1 Å². The Morgan fingerprint density at radius 2 is 2.45 bits per heavy atom. The third-order valence-corrected chi connectivity index (χ3v) is 2.51. The topological polar surface area (TPSA) is 26.3 Å². The summed E-state index contributed by atoms with van der Waals surface area (Å²) >= 11 is 2.65. The minimum absolute atomic E-state index is 0. The Bertz CT molecular complexity index is 210. The molecule has 0 bridgehead atoms. The summed E-state index contributed by atoms with van der Waals surface area (Å²) in [5.74, 6) is -0.265. The predicted molar refractivity (Wildman–Crippen MR) is 49.1 cm³/mol. The summed E-state index contributed by atoms with van der Waals surface area (Å²) in [4.78, 5) is 10.3. The fourth-order valence-electron chi connectivity index (χ4n) is 0.411. The quantitative estimate of drug-likeness (QED) is 0.534. The molecule has 0 saturated heterocycles. The first-order valence-electron chi connectivity index (χ1n) is 2.67. The molecule has 0 spiro atoms. The molecule has 0 fully saturated rings. The number of hydrogen-bond donors (Lipinski definition) is 0. The van der Waals surface area contributed by atoms with Crippen LogP contribution in [-0.2, 0) is 8.98 Å². The van der Waals surface area contributed by atoms with Crippen LogP contribution >= 0.6 is 23.4 Å². The molecular weight excluding hydrogens is 191 g/mol. The zero-order chi connectivity index (χ0) is 7.40. The van der Waals surface area contributed by atoms with Gasteiger partial charge in [0.15, 0.2) is 0 Å². The van der Waals surface area contributed by atoms with Crippen LogP contribution in [0.5, 0.6) is 0 Å². The van der Waals surface area contributed by atoms with E-state index in [0.717, 1.165) is 16.3 Å². The molecule has 1 rings (SSSR count). The first kappa shape index (κ1) is 11.5. The van der Waals surface area contributed by atoms with Crippen LogP contribution in [0, 0.1) is 0 Å². The molecular formula is C6H7NaO2S2. The molecule has 0 aliphatic rings. The summed E-state index contributed by atoms with van der Waals surface area (Å²) in [5.41, 5.74) is 0. The summed E-state index contributed by atoms with van der Waals surface area (Å²) in [6.07, 6.45) is 0. The molecule has 1 aromatic rings.